The zero-order chi connectivity index (χ0) is 22.8. The van der Waals surface area contributed by atoms with E-state index in [1.54, 1.807) is 10.0 Å². The summed E-state index contributed by atoms with van der Waals surface area (Å²) in [6, 6.07) is 27.3. The molecule has 0 spiro atoms. The fraction of sp³-hybridized carbons (Fsp3) is 0.0769. The van der Waals surface area contributed by atoms with Crippen LogP contribution >= 0.6 is 0 Å². The molecule has 0 unspecified atom stereocenters. The summed E-state index contributed by atoms with van der Waals surface area (Å²) in [7, 11) is 0. The Morgan fingerprint density at radius 2 is 0.906 bits per heavy atom. The van der Waals surface area contributed by atoms with E-state index in [1.165, 1.54) is 0 Å². The van der Waals surface area contributed by atoms with Crippen LogP contribution in [0.5, 0.6) is 0 Å². The van der Waals surface area contributed by atoms with Gasteiger partial charge in [-0.1, -0.05) is 36.4 Å². The first-order valence-corrected chi connectivity index (χ1v) is 10.4. The van der Waals surface area contributed by atoms with E-state index in [4.69, 9.17) is 23.2 Å². The highest BCUT2D eigenvalue weighted by molar-refractivity contribution is 5.82. The Morgan fingerprint density at radius 1 is 0.531 bits per heavy atom. The maximum Gasteiger partial charge on any atom is 0.0804 e. The van der Waals surface area contributed by atoms with Crippen LogP contribution < -0.4 is 33.2 Å². The van der Waals surface area contributed by atoms with Gasteiger partial charge in [0.25, 0.3) is 0 Å². The number of nitrogen functional groups attached to an aromatic ring is 2. The van der Waals surface area contributed by atoms with Crippen LogP contribution in [0, 0.1) is 13.8 Å². The van der Waals surface area contributed by atoms with E-state index < -0.39 is 0 Å². The van der Waals surface area contributed by atoms with Crippen LogP contribution in [0.25, 0.3) is 11.1 Å². The van der Waals surface area contributed by atoms with Crippen LogP contribution in [-0.2, 0) is 0 Å². The van der Waals surface area contributed by atoms with Gasteiger partial charge in [0.1, 0.15) is 0 Å². The van der Waals surface area contributed by atoms with Gasteiger partial charge in [-0.15, -0.1) is 0 Å². The maximum absolute atomic E-state index is 6.43. The van der Waals surface area contributed by atoms with E-state index in [9.17, 15) is 0 Å². The van der Waals surface area contributed by atoms with Gasteiger partial charge in [0.05, 0.1) is 34.1 Å². The van der Waals surface area contributed by atoms with E-state index in [0.29, 0.717) is 11.4 Å². The Hall–Kier alpha value is -4.00. The third-order valence-corrected chi connectivity index (χ3v) is 5.68. The highest BCUT2D eigenvalue weighted by Crippen LogP contribution is 2.36. The summed E-state index contributed by atoms with van der Waals surface area (Å²) in [5, 5.41) is 3.22. The second-order valence-electron chi connectivity index (χ2n) is 7.86. The Morgan fingerprint density at radius 3 is 1.28 bits per heavy atom. The van der Waals surface area contributed by atoms with Gasteiger partial charge < -0.3 is 11.5 Å². The molecule has 0 saturated heterocycles. The normalized spacial score (nSPS) is 10.8. The summed E-state index contributed by atoms with van der Waals surface area (Å²) in [6.45, 7) is 4.16. The predicted octanol–water partition coefficient (Wildman–Crippen LogP) is 5.16. The van der Waals surface area contributed by atoms with E-state index >= 15 is 0 Å². The molecule has 0 fully saturated rings. The van der Waals surface area contributed by atoms with E-state index in [0.717, 1.165) is 45.0 Å². The lowest BCUT2D eigenvalue weighted by atomic mass is 9.95. The van der Waals surface area contributed by atoms with Gasteiger partial charge in [0.2, 0.25) is 0 Å². The van der Waals surface area contributed by atoms with Crippen molar-refractivity contribution in [1.82, 2.24) is 0 Å². The average Bonchev–Trinajstić information content (AvgIpc) is 2.80. The molecule has 0 radical (unpaired) electrons. The summed E-state index contributed by atoms with van der Waals surface area (Å²) in [4.78, 5) is 0. The molecule has 0 aliphatic rings. The highest BCUT2D eigenvalue weighted by atomic mass is 15.4. The van der Waals surface area contributed by atoms with Gasteiger partial charge >= 0.3 is 0 Å². The van der Waals surface area contributed by atoms with Crippen molar-refractivity contribution in [3.63, 3.8) is 0 Å². The van der Waals surface area contributed by atoms with Gasteiger partial charge in [0.15, 0.2) is 0 Å². The van der Waals surface area contributed by atoms with Gasteiger partial charge in [-0.25, -0.2) is 11.7 Å². The summed E-state index contributed by atoms with van der Waals surface area (Å²) < 4.78 is 0. The SMILES string of the molecule is Cc1ccc(N(N)c2ccccc2N)cc1-c1cc(N(N)c2ccccc2N)ccc1C. The van der Waals surface area contributed by atoms with Crippen LogP contribution in [0.15, 0.2) is 84.9 Å². The zero-order valence-corrected chi connectivity index (χ0v) is 18.3. The van der Waals surface area contributed by atoms with Crippen LogP contribution in [0.2, 0.25) is 0 Å². The van der Waals surface area contributed by atoms with Gasteiger partial charge in [0, 0.05) is 0 Å². The standard InChI is InChI=1S/C26H28N6/c1-17-11-13-19(31(29)25-9-5-3-7-23(25)27)15-21(17)22-16-20(14-12-18(22)2)32(30)26-10-6-4-8-24(26)28/h3-16H,27-30H2,1-2H3. The monoisotopic (exact) mass is 424 g/mol. The van der Waals surface area contributed by atoms with E-state index in [-0.39, 0.29) is 0 Å². The number of rotatable bonds is 5. The molecule has 0 aliphatic carbocycles. The smallest absolute Gasteiger partial charge is 0.0804 e. The van der Waals surface area contributed by atoms with E-state index in [1.807, 2.05) is 60.7 Å². The number of benzene rings is 4. The molecule has 0 atom stereocenters. The molecule has 0 saturated carbocycles. The Balaban J connectivity index is 1.77. The first-order chi connectivity index (χ1) is 15.4. The summed E-state index contributed by atoms with van der Waals surface area (Å²) in [6.07, 6.45) is 0. The zero-order valence-electron chi connectivity index (χ0n) is 18.3. The minimum atomic E-state index is 0.620. The number of nitrogens with two attached hydrogens (primary N) is 4. The molecule has 162 valence electrons. The van der Waals surface area contributed by atoms with Crippen molar-refractivity contribution in [3.05, 3.63) is 96.1 Å². The molecule has 4 aromatic rings. The fourth-order valence-corrected chi connectivity index (χ4v) is 3.79. The molecule has 0 aliphatic heterocycles. The van der Waals surface area contributed by atoms with Crippen molar-refractivity contribution in [2.24, 2.45) is 11.7 Å². The first-order valence-electron chi connectivity index (χ1n) is 10.4. The number of hydrogen-bond donors (Lipinski definition) is 4. The van der Waals surface area contributed by atoms with Crippen molar-refractivity contribution < 1.29 is 0 Å². The first kappa shape index (κ1) is 21.2. The lowest BCUT2D eigenvalue weighted by Crippen LogP contribution is -2.26. The molecule has 4 aromatic carbocycles. The van der Waals surface area contributed by atoms with E-state index in [2.05, 4.69) is 38.1 Å². The Labute approximate surface area is 188 Å². The Kier molecular flexibility index (Phi) is 5.73. The fourth-order valence-electron chi connectivity index (χ4n) is 3.79. The molecule has 0 bridgehead atoms. The van der Waals surface area contributed by atoms with Crippen LogP contribution in [-0.4, -0.2) is 0 Å². The number of hydrogen-bond acceptors (Lipinski definition) is 6. The molecule has 0 aromatic heterocycles. The molecule has 6 nitrogen and oxygen atoms in total. The molecule has 0 amide bonds. The van der Waals surface area contributed by atoms with Crippen LogP contribution in [0.4, 0.5) is 34.1 Å². The molecule has 6 heteroatoms. The van der Waals surface area contributed by atoms with Crippen molar-refractivity contribution in [2.75, 3.05) is 21.5 Å². The molecule has 8 N–H and O–H groups in total. The number of aryl methyl sites for hydroxylation is 2. The third kappa shape index (κ3) is 3.97. The second kappa shape index (κ2) is 8.63. The number of nitrogens with zero attached hydrogens (tertiary/aromatic N) is 2. The minimum Gasteiger partial charge on any atom is -0.397 e. The molecular formula is C26H28N6. The van der Waals surface area contributed by atoms with Crippen molar-refractivity contribution in [3.8, 4) is 11.1 Å². The van der Waals surface area contributed by atoms with Gasteiger partial charge in [-0.2, -0.15) is 0 Å². The lowest BCUT2D eigenvalue weighted by molar-refractivity contribution is 1.08. The molecule has 4 rings (SSSR count). The molecular weight excluding hydrogens is 396 g/mol. The Bertz CT molecular complexity index is 1170. The van der Waals surface area contributed by atoms with Gasteiger partial charge in [-0.3, -0.25) is 10.0 Å². The van der Waals surface area contributed by atoms with Crippen LogP contribution in [0.1, 0.15) is 11.1 Å². The quantitative estimate of drug-likeness (QED) is 0.200. The molecule has 0 heterocycles. The lowest BCUT2D eigenvalue weighted by Gasteiger charge is -2.24. The summed E-state index contributed by atoms with van der Waals surface area (Å²) >= 11 is 0. The van der Waals surface area contributed by atoms with Crippen molar-refractivity contribution >= 4 is 34.1 Å². The second-order valence-corrected chi connectivity index (χ2v) is 7.86. The summed E-state index contributed by atoms with van der Waals surface area (Å²) in [5.41, 5.74) is 21.1. The van der Waals surface area contributed by atoms with Crippen molar-refractivity contribution in [2.45, 2.75) is 13.8 Å². The topological polar surface area (TPSA) is 111 Å². The minimum absolute atomic E-state index is 0.620. The van der Waals surface area contributed by atoms with Gasteiger partial charge in [-0.05, 0) is 84.6 Å². The number of anilines is 6. The third-order valence-electron chi connectivity index (χ3n) is 5.68. The van der Waals surface area contributed by atoms with Crippen LogP contribution in [0.3, 0.4) is 0 Å². The highest BCUT2D eigenvalue weighted by Gasteiger charge is 2.15. The largest absolute Gasteiger partial charge is 0.397 e. The predicted molar refractivity (Wildman–Crippen MR) is 136 cm³/mol. The number of para-hydroxylation sites is 4. The average molecular weight is 425 g/mol. The number of hydrazine groups is 2. The van der Waals surface area contributed by atoms with Crippen molar-refractivity contribution in [1.29, 1.82) is 0 Å². The maximum atomic E-state index is 6.43. The molecule has 32 heavy (non-hydrogen) atoms. The summed E-state index contributed by atoms with van der Waals surface area (Å²) in [5.74, 6) is 12.9.